The Kier molecular flexibility index (Phi) is 3.61. The summed E-state index contributed by atoms with van der Waals surface area (Å²) in [5.74, 6) is -3.30. The lowest BCUT2D eigenvalue weighted by molar-refractivity contribution is -0.156. The number of aliphatic hydroxyl groups excluding tert-OH is 2. The molecule has 0 bridgehead atoms. The molecule has 3 atom stereocenters. The smallest absolute Gasteiger partial charge is 0.335 e. The third kappa shape index (κ3) is 2.46. The molecule has 0 heterocycles. The summed E-state index contributed by atoms with van der Waals surface area (Å²) in [7, 11) is 0. The van der Waals surface area contributed by atoms with E-state index < -0.39 is 30.2 Å². The molecular formula is C5H9NO6. The van der Waals surface area contributed by atoms with E-state index in [1.165, 1.54) is 0 Å². The molecule has 7 heteroatoms. The molecule has 70 valence electrons. The van der Waals surface area contributed by atoms with Crippen LogP contribution in [0.3, 0.4) is 0 Å². The van der Waals surface area contributed by atoms with Crippen LogP contribution in [-0.4, -0.2) is 50.6 Å². The van der Waals surface area contributed by atoms with Gasteiger partial charge < -0.3 is 26.2 Å². The summed E-state index contributed by atoms with van der Waals surface area (Å²) in [6, 6.07) is -1.81. The number of carboxylic acid groups (broad SMARTS) is 2. The standard InChI is InChI=1S/C5H9NO6/c6-1(4(9)10)2(7)3(8)5(11)12/h1-3,7-8H,6H2,(H,9,10)(H,11,12)/t1-,2?,3?/m0/s1. The van der Waals surface area contributed by atoms with E-state index in [-0.39, 0.29) is 0 Å². The zero-order chi connectivity index (χ0) is 9.89. The molecule has 0 fully saturated rings. The molecule has 0 saturated heterocycles. The Morgan fingerprint density at radius 2 is 1.50 bits per heavy atom. The van der Waals surface area contributed by atoms with Crippen LogP contribution in [0.25, 0.3) is 0 Å². The molecule has 0 radical (unpaired) electrons. The van der Waals surface area contributed by atoms with Crippen LogP contribution in [0.1, 0.15) is 0 Å². The maximum atomic E-state index is 10.1. The molecule has 0 aliphatic rings. The highest BCUT2D eigenvalue weighted by molar-refractivity contribution is 5.78. The van der Waals surface area contributed by atoms with E-state index in [0.29, 0.717) is 0 Å². The van der Waals surface area contributed by atoms with Gasteiger partial charge in [-0.15, -0.1) is 0 Å². The summed E-state index contributed by atoms with van der Waals surface area (Å²) in [5.41, 5.74) is 4.83. The summed E-state index contributed by atoms with van der Waals surface area (Å²) >= 11 is 0. The molecule has 0 aromatic rings. The van der Waals surface area contributed by atoms with Gasteiger partial charge in [0.15, 0.2) is 6.10 Å². The van der Waals surface area contributed by atoms with Crippen molar-refractivity contribution < 1.29 is 30.0 Å². The van der Waals surface area contributed by atoms with E-state index in [1.807, 2.05) is 0 Å². The zero-order valence-electron chi connectivity index (χ0n) is 5.91. The quantitative estimate of drug-likeness (QED) is 0.314. The van der Waals surface area contributed by atoms with E-state index in [0.717, 1.165) is 0 Å². The molecule has 6 N–H and O–H groups in total. The van der Waals surface area contributed by atoms with Gasteiger partial charge in [-0.3, -0.25) is 4.79 Å². The first-order valence-electron chi connectivity index (χ1n) is 2.95. The van der Waals surface area contributed by atoms with Crippen LogP contribution in [0.5, 0.6) is 0 Å². The summed E-state index contributed by atoms with van der Waals surface area (Å²) in [6.07, 6.45) is -4.20. The van der Waals surface area contributed by atoms with Gasteiger partial charge in [0.05, 0.1) is 0 Å². The minimum Gasteiger partial charge on any atom is -0.480 e. The molecule has 0 aromatic carbocycles. The van der Waals surface area contributed by atoms with E-state index >= 15 is 0 Å². The lowest BCUT2D eigenvalue weighted by atomic mass is 10.1. The summed E-state index contributed by atoms with van der Waals surface area (Å²) < 4.78 is 0. The largest absolute Gasteiger partial charge is 0.480 e. The summed E-state index contributed by atoms with van der Waals surface area (Å²) in [4.78, 5) is 20.1. The van der Waals surface area contributed by atoms with Crippen molar-refractivity contribution in [3.05, 3.63) is 0 Å². The minimum atomic E-state index is -2.18. The second kappa shape index (κ2) is 4.00. The molecule has 0 saturated carbocycles. The molecule has 0 rings (SSSR count). The highest BCUT2D eigenvalue weighted by Crippen LogP contribution is 1.98. The first kappa shape index (κ1) is 10.8. The van der Waals surface area contributed by atoms with Gasteiger partial charge in [0.1, 0.15) is 12.1 Å². The van der Waals surface area contributed by atoms with Crippen LogP contribution in [0, 0.1) is 0 Å². The predicted molar refractivity (Wildman–Crippen MR) is 35.3 cm³/mol. The topological polar surface area (TPSA) is 141 Å². The maximum absolute atomic E-state index is 10.1. The normalized spacial score (nSPS) is 17.9. The fourth-order valence-corrected chi connectivity index (χ4v) is 0.489. The first-order chi connectivity index (χ1) is 5.37. The van der Waals surface area contributed by atoms with Crippen LogP contribution in [0.2, 0.25) is 0 Å². The van der Waals surface area contributed by atoms with Gasteiger partial charge in [-0.05, 0) is 0 Å². The average Bonchev–Trinajstić information content (AvgIpc) is 2.00. The number of nitrogens with two attached hydrogens (primary N) is 1. The second-order valence-electron chi connectivity index (χ2n) is 2.14. The Balaban J connectivity index is 4.28. The van der Waals surface area contributed by atoms with Crippen molar-refractivity contribution in [1.82, 2.24) is 0 Å². The van der Waals surface area contributed by atoms with Crippen LogP contribution >= 0.6 is 0 Å². The van der Waals surface area contributed by atoms with Gasteiger partial charge in [0.25, 0.3) is 0 Å². The van der Waals surface area contributed by atoms with Crippen molar-refractivity contribution in [3.8, 4) is 0 Å². The number of hydrogen-bond donors (Lipinski definition) is 5. The molecule has 7 nitrogen and oxygen atoms in total. The van der Waals surface area contributed by atoms with Crippen molar-refractivity contribution in [2.24, 2.45) is 5.73 Å². The number of carbonyl (C=O) groups is 2. The van der Waals surface area contributed by atoms with E-state index in [1.54, 1.807) is 0 Å². The maximum Gasteiger partial charge on any atom is 0.335 e. The Labute approximate surface area is 67.0 Å². The molecule has 0 aliphatic carbocycles. The van der Waals surface area contributed by atoms with Crippen LogP contribution in [0.15, 0.2) is 0 Å². The van der Waals surface area contributed by atoms with Gasteiger partial charge in [-0.1, -0.05) is 0 Å². The molecule has 2 unspecified atom stereocenters. The SMILES string of the molecule is N[C@H](C(=O)O)C(O)C(O)C(=O)O. The van der Waals surface area contributed by atoms with Gasteiger partial charge >= 0.3 is 11.9 Å². The number of rotatable bonds is 4. The summed E-state index contributed by atoms with van der Waals surface area (Å²) in [6.45, 7) is 0. The molecular weight excluding hydrogens is 170 g/mol. The van der Waals surface area contributed by atoms with Crippen molar-refractivity contribution in [1.29, 1.82) is 0 Å². The predicted octanol–water partition coefficient (Wildman–Crippen LogP) is -2.80. The van der Waals surface area contributed by atoms with Crippen molar-refractivity contribution >= 4 is 11.9 Å². The third-order valence-corrected chi connectivity index (χ3v) is 1.23. The number of aliphatic carboxylic acids is 2. The van der Waals surface area contributed by atoms with Gasteiger partial charge in [0, 0.05) is 0 Å². The fourth-order valence-electron chi connectivity index (χ4n) is 0.489. The monoisotopic (exact) mass is 179 g/mol. The number of carboxylic acids is 2. The Morgan fingerprint density at radius 1 is 1.08 bits per heavy atom. The first-order valence-corrected chi connectivity index (χ1v) is 2.95. The average molecular weight is 179 g/mol. The van der Waals surface area contributed by atoms with E-state index in [2.05, 4.69) is 0 Å². The van der Waals surface area contributed by atoms with Crippen LogP contribution in [0.4, 0.5) is 0 Å². The Bertz CT molecular complexity index is 172. The van der Waals surface area contributed by atoms with Crippen LogP contribution in [-0.2, 0) is 9.59 Å². The fraction of sp³-hybridized carbons (Fsp3) is 0.600. The molecule has 0 spiro atoms. The van der Waals surface area contributed by atoms with Crippen LogP contribution < -0.4 is 5.73 Å². The zero-order valence-corrected chi connectivity index (χ0v) is 5.91. The van der Waals surface area contributed by atoms with Crippen molar-refractivity contribution in [2.75, 3.05) is 0 Å². The lowest BCUT2D eigenvalue weighted by Crippen LogP contribution is -2.50. The van der Waals surface area contributed by atoms with E-state index in [9.17, 15) is 9.59 Å². The number of hydrogen-bond acceptors (Lipinski definition) is 5. The molecule has 0 aromatic heterocycles. The van der Waals surface area contributed by atoms with Gasteiger partial charge in [0.2, 0.25) is 0 Å². The Hall–Kier alpha value is -1.18. The highest BCUT2D eigenvalue weighted by atomic mass is 16.4. The van der Waals surface area contributed by atoms with Crippen molar-refractivity contribution in [2.45, 2.75) is 18.2 Å². The summed E-state index contributed by atoms with van der Waals surface area (Å²) in [5, 5.41) is 33.7. The molecule has 0 aliphatic heterocycles. The van der Waals surface area contributed by atoms with Gasteiger partial charge in [-0.25, -0.2) is 4.79 Å². The van der Waals surface area contributed by atoms with E-state index in [4.69, 9.17) is 26.2 Å². The lowest BCUT2D eigenvalue weighted by Gasteiger charge is -2.16. The second-order valence-corrected chi connectivity index (χ2v) is 2.14. The Morgan fingerprint density at radius 3 is 1.75 bits per heavy atom. The molecule has 12 heavy (non-hydrogen) atoms. The van der Waals surface area contributed by atoms with Gasteiger partial charge in [-0.2, -0.15) is 0 Å². The van der Waals surface area contributed by atoms with Crippen molar-refractivity contribution in [3.63, 3.8) is 0 Å². The number of aliphatic hydroxyl groups is 2. The third-order valence-electron chi connectivity index (χ3n) is 1.23. The highest BCUT2D eigenvalue weighted by Gasteiger charge is 2.32. The molecule has 0 amide bonds. The minimum absolute atomic E-state index is 1.58.